The van der Waals surface area contributed by atoms with Gasteiger partial charge in [0.25, 0.3) is 0 Å². The molecule has 0 aromatic rings. The lowest BCUT2D eigenvalue weighted by Crippen LogP contribution is -2.60. The molecule has 5 heteroatoms. The summed E-state index contributed by atoms with van der Waals surface area (Å²) in [7, 11) is 0. The Labute approximate surface area is 124 Å². The van der Waals surface area contributed by atoms with E-state index in [9.17, 15) is 14.7 Å². The van der Waals surface area contributed by atoms with E-state index < -0.39 is 17.2 Å². The Hall–Kier alpha value is -1.36. The van der Waals surface area contributed by atoms with Gasteiger partial charge in [-0.3, -0.25) is 4.79 Å². The van der Waals surface area contributed by atoms with Crippen molar-refractivity contribution in [3.63, 3.8) is 0 Å². The van der Waals surface area contributed by atoms with E-state index in [1.54, 1.807) is 0 Å². The number of aliphatic hydroxyl groups is 1. The zero-order valence-corrected chi connectivity index (χ0v) is 12.2. The molecule has 0 heterocycles. The van der Waals surface area contributed by atoms with Gasteiger partial charge in [-0.05, 0) is 43.9 Å². The molecule has 4 aliphatic carbocycles. The maximum atomic E-state index is 12.0. The molecule has 2 unspecified atom stereocenters. The third kappa shape index (κ3) is 2.98. The maximum Gasteiger partial charge on any atom is 0.330 e. The minimum Gasteiger partial charge on any atom is -0.462 e. The van der Waals surface area contributed by atoms with Gasteiger partial charge in [0.15, 0.2) is 0 Å². The smallest absolute Gasteiger partial charge is 0.330 e. The molecule has 116 valence electrons. The summed E-state index contributed by atoms with van der Waals surface area (Å²) >= 11 is 0. The highest BCUT2D eigenvalue weighted by Crippen LogP contribution is 2.58. The lowest BCUT2D eigenvalue weighted by Gasteiger charge is -2.59. The molecule has 0 saturated heterocycles. The van der Waals surface area contributed by atoms with Crippen LogP contribution in [0, 0.1) is 11.8 Å². The van der Waals surface area contributed by atoms with Crippen molar-refractivity contribution >= 4 is 11.9 Å². The molecule has 4 saturated carbocycles. The van der Waals surface area contributed by atoms with E-state index in [0.29, 0.717) is 18.3 Å². The zero-order chi connectivity index (χ0) is 15.1. The average molecular weight is 294 g/mol. The summed E-state index contributed by atoms with van der Waals surface area (Å²) in [6.07, 6.45) is 6.26. The van der Waals surface area contributed by atoms with Gasteiger partial charge in [0.05, 0.1) is 12.0 Å². The lowest BCUT2D eigenvalue weighted by atomic mass is 9.52. The van der Waals surface area contributed by atoms with E-state index in [-0.39, 0.29) is 19.0 Å². The van der Waals surface area contributed by atoms with Crippen LogP contribution in [0.15, 0.2) is 12.7 Å². The van der Waals surface area contributed by atoms with Gasteiger partial charge in [0, 0.05) is 12.5 Å². The van der Waals surface area contributed by atoms with Crippen molar-refractivity contribution < 1.29 is 24.2 Å². The molecule has 0 aromatic heterocycles. The Kier molecular flexibility index (Phi) is 3.56. The highest BCUT2D eigenvalue weighted by atomic mass is 16.6. The SMILES string of the molecule is C=CC(=O)OCCC(=O)OC12CC3CC(CC(O)(C3)C1)C2. The number of rotatable bonds is 5. The van der Waals surface area contributed by atoms with Gasteiger partial charge in [-0.15, -0.1) is 0 Å². The fraction of sp³-hybridized carbons (Fsp3) is 0.750. The van der Waals surface area contributed by atoms with Crippen LogP contribution in [-0.4, -0.2) is 34.9 Å². The van der Waals surface area contributed by atoms with Gasteiger partial charge in [-0.25, -0.2) is 4.79 Å². The van der Waals surface area contributed by atoms with Crippen LogP contribution in [0.1, 0.15) is 44.9 Å². The van der Waals surface area contributed by atoms with Crippen LogP contribution in [0.4, 0.5) is 0 Å². The summed E-state index contributed by atoms with van der Waals surface area (Å²) in [5.41, 5.74) is -1.13. The first-order valence-corrected chi connectivity index (χ1v) is 7.65. The van der Waals surface area contributed by atoms with Gasteiger partial charge >= 0.3 is 11.9 Å². The molecular weight excluding hydrogens is 272 g/mol. The van der Waals surface area contributed by atoms with Crippen molar-refractivity contribution in [1.82, 2.24) is 0 Å². The van der Waals surface area contributed by atoms with Gasteiger partial charge < -0.3 is 14.6 Å². The van der Waals surface area contributed by atoms with Gasteiger partial charge in [0.1, 0.15) is 12.2 Å². The van der Waals surface area contributed by atoms with E-state index in [1.165, 1.54) is 0 Å². The predicted octanol–water partition coefficient (Wildman–Crippen LogP) is 1.73. The second-order valence-corrected chi connectivity index (χ2v) is 6.96. The standard InChI is InChI=1S/C16H22O5/c1-2-13(17)20-4-3-14(18)21-16-8-11-5-12(9-16)7-15(19,6-11)10-16/h2,11-12,19H,1,3-10H2. The molecule has 1 N–H and O–H groups in total. The molecule has 21 heavy (non-hydrogen) atoms. The van der Waals surface area contributed by atoms with Crippen molar-refractivity contribution in [3.8, 4) is 0 Å². The fourth-order valence-corrected chi connectivity index (χ4v) is 4.84. The van der Waals surface area contributed by atoms with E-state index in [0.717, 1.165) is 38.2 Å². The minimum absolute atomic E-state index is 0.0108. The molecule has 2 atom stereocenters. The Morgan fingerprint density at radius 1 is 1.24 bits per heavy atom. The Morgan fingerprint density at radius 3 is 2.48 bits per heavy atom. The molecule has 4 rings (SSSR count). The van der Waals surface area contributed by atoms with Crippen LogP contribution in [-0.2, 0) is 19.1 Å². The molecule has 0 aliphatic heterocycles. The summed E-state index contributed by atoms with van der Waals surface area (Å²) in [4.78, 5) is 22.9. The zero-order valence-electron chi connectivity index (χ0n) is 12.2. The van der Waals surface area contributed by atoms with Gasteiger partial charge in [0.2, 0.25) is 0 Å². The number of esters is 2. The predicted molar refractivity (Wildman–Crippen MR) is 74.2 cm³/mol. The number of carbonyl (C=O) groups excluding carboxylic acids is 2. The normalized spacial score (nSPS) is 39.9. The highest BCUT2D eigenvalue weighted by molar-refractivity contribution is 5.81. The Morgan fingerprint density at radius 2 is 1.90 bits per heavy atom. The van der Waals surface area contributed by atoms with Crippen LogP contribution in [0.5, 0.6) is 0 Å². The third-order valence-corrected chi connectivity index (χ3v) is 5.02. The van der Waals surface area contributed by atoms with Crippen LogP contribution >= 0.6 is 0 Å². The molecule has 4 fully saturated rings. The number of ether oxygens (including phenoxy) is 2. The largest absolute Gasteiger partial charge is 0.462 e. The summed E-state index contributed by atoms with van der Waals surface area (Å²) in [6.45, 7) is 3.31. The molecule has 0 spiro atoms. The van der Waals surface area contributed by atoms with Crippen molar-refractivity contribution in [2.24, 2.45) is 11.8 Å². The van der Waals surface area contributed by atoms with Crippen molar-refractivity contribution in [3.05, 3.63) is 12.7 Å². The second-order valence-electron chi connectivity index (χ2n) is 6.96. The fourth-order valence-electron chi connectivity index (χ4n) is 4.84. The first kappa shape index (κ1) is 14.6. The quantitative estimate of drug-likeness (QED) is 0.617. The van der Waals surface area contributed by atoms with E-state index >= 15 is 0 Å². The first-order chi connectivity index (χ1) is 9.92. The van der Waals surface area contributed by atoms with Crippen molar-refractivity contribution in [2.45, 2.75) is 56.1 Å². The highest BCUT2D eigenvalue weighted by Gasteiger charge is 2.59. The number of carbonyl (C=O) groups is 2. The van der Waals surface area contributed by atoms with Crippen molar-refractivity contribution in [1.29, 1.82) is 0 Å². The van der Waals surface area contributed by atoms with Crippen LogP contribution < -0.4 is 0 Å². The maximum absolute atomic E-state index is 12.0. The van der Waals surface area contributed by atoms with Crippen LogP contribution in [0.25, 0.3) is 0 Å². The topological polar surface area (TPSA) is 72.8 Å². The number of hydrogen-bond acceptors (Lipinski definition) is 5. The molecule has 0 amide bonds. The Balaban J connectivity index is 1.56. The summed E-state index contributed by atoms with van der Waals surface area (Å²) in [6, 6.07) is 0. The molecule has 0 aromatic carbocycles. The van der Waals surface area contributed by atoms with E-state index in [4.69, 9.17) is 9.47 Å². The van der Waals surface area contributed by atoms with E-state index in [2.05, 4.69) is 6.58 Å². The van der Waals surface area contributed by atoms with Gasteiger partial charge in [-0.1, -0.05) is 6.58 Å². The lowest BCUT2D eigenvalue weighted by molar-refractivity contribution is -0.220. The van der Waals surface area contributed by atoms with Crippen molar-refractivity contribution in [2.75, 3.05) is 6.61 Å². The van der Waals surface area contributed by atoms with Crippen LogP contribution in [0.3, 0.4) is 0 Å². The third-order valence-electron chi connectivity index (χ3n) is 5.02. The molecule has 4 bridgehead atoms. The molecule has 4 aliphatic rings. The average Bonchev–Trinajstić information content (AvgIpc) is 2.34. The molecule has 0 radical (unpaired) electrons. The second kappa shape index (κ2) is 5.13. The monoisotopic (exact) mass is 294 g/mol. The van der Waals surface area contributed by atoms with Crippen LogP contribution in [0.2, 0.25) is 0 Å². The number of hydrogen-bond donors (Lipinski definition) is 1. The summed E-state index contributed by atoms with van der Waals surface area (Å²) in [5.74, 6) is 0.0645. The minimum atomic E-state index is -0.639. The first-order valence-electron chi connectivity index (χ1n) is 7.65. The summed E-state index contributed by atoms with van der Waals surface area (Å²) < 4.78 is 10.5. The summed E-state index contributed by atoms with van der Waals surface area (Å²) in [5, 5.41) is 10.6. The molecular formula is C16H22O5. The van der Waals surface area contributed by atoms with Gasteiger partial charge in [-0.2, -0.15) is 0 Å². The Bertz CT molecular complexity index is 455. The molecule has 5 nitrogen and oxygen atoms in total. The van der Waals surface area contributed by atoms with E-state index in [1.807, 2.05) is 0 Å².